The van der Waals surface area contributed by atoms with Gasteiger partial charge in [0.2, 0.25) is 21.8 Å². The average Bonchev–Trinajstić information content (AvgIpc) is 2.77. The molecule has 0 bridgehead atoms. The molecular formula is C25H34BrN3O4S. The topological polar surface area (TPSA) is 86.8 Å². The van der Waals surface area contributed by atoms with Gasteiger partial charge >= 0.3 is 0 Å². The zero-order valence-electron chi connectivity index (χ0n) is 20.4. The third-order valence-electron chi connectivity index (χ3n) is 5.62. The molecule has 0 aliphatic rings. The van der Waals surface area contributed by atoms with E-state index in [1.165, 1.54) is 4.90 Å². The monoisotopic (exact) mass is 551 g/mol. The van der Waals surface area contributed by atoms with Gasteiger partial charge < -0.3 is 10.2 Å². The van der Waals surface area contributed by atoms with Crippen molar-refractivity contribution in [2.45, 2.75) is 59.2 Å². The zero-order chi connectivity index (χ0) is 25.5. The van der Waals surface area contributed by atoms with Gasteiger partial charge in [-0.15, -0.1) is 0 Å². The predicted molar refractivity (Wildman–Crippen MR) is 140 cm³/mol. The second-order valence-electron chi connectivity index (χ2n) is 8.47. The van der Waals surface area contributed by atoms with E-state index in [9.17, 15) is 18.0 Å². The van der Waals surface area contributed by atoms with E-state index in [-0.39, 0.29) is 18.5 Å². The van der Waals surface area contributed by atoms with Crippen LogP contribution in [-0.2, 0) is 26.2 Å². The first-order valence-corrected chi connectivity index (χ1v) is 14.0. The Morgan fingerprint density at radius 2 is 1.74 bits per heavy atom. The number of nitrogens with zero attached hydrogens (tertiary/aromatic N) is 2. The number of rotatable bonds is 11. The Hall–Kier alpha value is -2.39. The lowest BCUT2D eigenvalue weighted by Gasteiger charge is -2.33. The second-order valence-corrected chi connectivity index (χ2v) is 11.2. The van der Waals surface area contributed by atoms with Crippen LogP contribution in [0.2, 0.25) is 0 Å². The molecule has 0 heterocycles. The Bertz CT molecular complexity index is 1110. The number of benzene rings is 2. The quantitative estimate of drug-likeness (QED) is 0.452. The van der Waals surface area contributed by atoms with Crippen molar-refractivity contribution < 1.29 is 18.0 Å². The van der Waals surface area contributed by atoms with Gasteiger partial charge in [-0.2, -0.15) is 0 Å². The van der Waals surface area contributed by atoms with Gasteiger partial charge in [-0.3, -0.25) is 13.9 Å². The minimum atomic E-state index is -3.77. The zero-order valence-corrected chi connectivity index (χ0v) is 22.8. The van der Waals surface area contributed by atoms with E-state index in [1.807, 2.05) is 52.0 Å². The molecule has 2 amide bonds. The van der Waals surface area contributed by atoms with Crippen LogP contribution in [-0.4, -0.2) is 50.0 Å². The minimum Gasteiger partial charge on any atom is -0.352 e. The molecule has 0 aliphatic heterocycles. The molecule has 0 aliphatic carbocycles. The van der Waals surface area contributed by atoms with Crippen molar-refractivity contribution >= 4 is 43.5 Å². The number of carbonyl (C=O) groups is 2. The molecule has 2 rings (SSSR count). The maximum absolute atomic E-state index is 13.7. The number of hydrogen-bond acceptors (Lipinski definition) is 4. The Labute approximate surface area is 211 Å². The van der Waals surface area contributed by atoms with E-state index in [2.05, 4.69) is 21.2 Å². The summed E-state index contributed by atoms with van der Waals surface area (Å²) in [7, 11) is -3.77. The Morgan fingerprint density at radius 1 is 1.06 bits per heavy atom. The van der Waals surface area contributed by atoms with Gasteiger partial charge in [0.15, 0.2) is 0 Å². The van der Waals surface area contributed by atoms with E-state index in [4.69, 9.17) is 0 Å². The number of nitrogens with one attached hydrogen (secondary N) is 1. The van der Waals surface area contributed by atoms with E-state index in [0.717, 1.165) is 28.1 Å². The van der Waals surface area contributed by atoms with Gasteiger partial charge in [0.25, 0.3) is 0 Å². The second kappa shape index (κ2) is 12.4. The average molecular weight is 553 g/mol. The van der Waals surface area contributed by atoms with E-state index < -0.39 is 28.5 Å². The number of aryl methyl sites for hydroxylation is 1. The number of hydrogen-bond donors (Lipinski definition) is 1. The molecular weight excluding hydrogens is 518 g/mol. The molecule has 1 N–H and O–H groups in total. The largest absolute Gasteiger partial charge is 0.352 e. The molecule has 0 saturated heterocycles. The van der Waals surface area contributed by atoms with Crippen molar-refractivity contribution in [3.63, 3.8) is 0 Å². The molecule has 2 atom stereocenters. The molecule has 186 valence electrons. The highest BCUT2D eigenvalue weighted by Crippen LogP contribution is 2.28. The summed E-state index contributed by atoms with van der Waals surface area (Å²) in [4.78, 5) is 28.3. The molecule has 0 spiro atoms. The maximum Gasteiger partial charge on any atom is 0.244 e. The fourth-order valence-corrected chi connectivity index (χ4v) is 5.09. The number of sulfonamides is 1. The van der Waals surface area contributed by atoms with Crippen LogP contribution in [0.15, 0.2) is 53.0 Å². The molecule has 7 nitrogen and oxygen atoms in total. The number of anilines is 1. The summed E-state index contributed by atoms with van der Waals surface area (Å²) in [6.45, 7) is 7.47. The first-order valence-electron chi connectivity index (χ1n) is 11.4. The van der Waals surface area contributed by atoms with Crippen LogP contribution in [0, 0.1) is 6.92 Å². The van der Waals surface area contributed by atoms with E-state index in [1.54, 1.807) is 24.3 Å². The van der Waals surface area contributed by atoms with Gasteiger partial charge in [0.1, 0.15) is 12.6 Å². The third-order valence-corrected chi connectivity index (χ3v) is 7.42. The summed E-state index contributed by atoms with van der Waals surface area (Å²) in [5, 5.41) is 2.97. The molecule has 34 heavy (non-hydrogen) atoms. The maximum atomic E-state index is 13.7. The van der Waals surface area contributed by atoms with Crippen LogP contribution in [0.3, 0.4) is 0 Å². The van der Waals surface area contributed by atoms with Crippen molar-refractivity contribution in [2.24, 2.45) is 0 Å². The summed E-state index contributed by atoms with van der Waals surface area (Å²) >= 11 is 3.38. The van der Waals surface area contributed by atoms with Crippen molar-refractivity contribution in [1.29, 1.82) is 0 Å². The summed E-state index contributed by atoms with van der Waals surface area (Å²) in [5.74, 6) is -0.696. The van der Waals surface area contributed by atoms with Gasteiger partial charge in [-0.25, -0.2) is 8.42 Å². The summed E-state index contributed by atoms with van der Waals surface area (Å²) in [6.07, 6.45) is 2.23. The SMILES string of the molecule is CC[C@@H](C)NC(=O)[C@H](CC)N(Cc1cccc(C)c1)C(=O)CN(c1ccccc1Br)S(C)(=O)=O. The highest BCUT2D eigenvalue weighted by molar-refractivity contribution is 9.10. The first kappa shape index (κ1) is 27.9. The fraction of sp³-hybridized carbons (Fsp3) is 0.440. The fourth-order valence-electron chi connectivity index (χ4n) is 3.62. The Kier molecular flexibility index (Phi) is 10.1. The standard InChI is InChI=1S/C25H34BrN3O4S/c1-6-19(4)27-25(31)22(7-2)28(16-20-12-10-11-18(3)15-20)24(30)17-29(34(5,32)33)23-14-9-8-13-21(23)26/h8-15,19,22H,6-7,16-17H2,1-5H3,(H,27,31)/t19-,22+/m1/s1. The Balaban J connectivity index is 2.45. The normalized spacial score (nSPS) is 13.1. The van der Waals surface area contributed by atoms with Crippen LogP contribution in [0.4, 0.5) is 5.69 Å². The smallest absolute Gasteiger partial charge is 0.244 e. The van der Waals surface area contributed by atoms with Crippen molar-refractivity contribution in [1.82, 2.24) is 10.2 Å². The van der Waals surface area contributed by atoms with Crippen LogP contribution >= 0.6 is 15.9 Å². The van der Waals surface area contributed by atoms with Crippen molar-refractivity contribution in [2.75, 3.05) is 17.1 Å². The van der Waals surface area contributed by atoms with E-state index >= 15 is 0 Å². The highest BCUT2D eigenvalue weighted by atomic mass is 79.9. The summed E-state index contributed by atoms with van der Waals surface area (Å²) in [6, 6.07) is 13.8. The Morgan fingerprint density at radius 3 is 2.29 bits per heavy atom. The first-order chi connectivity index (χ1) is 16.0. The van der Waals surface area contributed by atoms with Gasteiger partial charge in [-0.1, -0.05) is 55.8 Å². The number of para-hydroxylation sites is 1. The predicted octanol–water partition coefficient (Wildman–Crippen LogP) is 4.25. The van der Waals surface area contributed by atoms with Gasteiger partial charge in [0, 0.05) is 17.1 Å². The lowest BCUT2D eigenvalue weighted by atomic mass is 10.1. The number of halogens is 1. The van der Waals surface area contributed by atoms with Gasteiger partial charge in [0.05, 0.1) is 11.9 Å². The minimum absolute atomic E-state index is 0.0368. The molecule has 2 aromatic rings. The van der Waals surface area contributed by atoms with Crippen LogP contribution in [0.25, 0.3) is 0 Å². The van der Waals surface area contributed by atoms with Crippen LogP contribution in [0.5, 0.6) is 0 Å². The van der Waals surface area contributed by atoms with Crippen molar-refractivity contribution in [3.05, 3.63) is 64.1 Å². The summed E-state index contributed by atoms with van der Waals surface area (Å²) in [5.41, 5.74) is 2.27. The molecule has 0 unspecified atom stereocenters. The van der Waals surface area contributed by atoms with Crippen LogP contribution in [0.1, 0.15) is 44.7 Å². The third kappa shape index (κ3) is 7.56. The summed E-state index contributed by atoms with van der Waals surface area (Å²) < 4.78 is 26.9. The molecule has 0 fully saturated rings. The lowest BCUT2D eigenvalue weighted by Crippen LogP contribution is -2.53. The highest BCUT2D eigenvalue weighted by Gasteiger charge is 2.32. The molecule has 2 aromatic carbocycles. The molecule has 0 radical (unpaired) electrons. The van der Waals surface area contributed by atoms with E-state index in [0.29, 0.717) is 16.6 Å². The lowest BCUT2D eigenvalue weighted by molar-refractivity contribution is -0.140. The van der Waals surface area contributed by atoms with Gasteiger partial charge in [-0.05, 0) is 60.3 Å². The van der Waals surface area contributed by atoms with Crippen LogP contribution < -0.4 is 9.62 Å². The molecule has 0 saturated carbocycles. The number of amides is 2. The molecule has 0 aromatic heterocycles. The molecule has 9 heteroatoms. The number of carbonyl (C=O) groups excluding carboxylic acids is 2. The van der Waals surface area contributed by atoms with Crippen molar-refractivity contribution in [3.8, 4) is 0 Å².